The van der Waals surface area contributed by atoms with Gasteiger partial charge in [0.2, 0.25) is 5.91 Å². The molecule has 0 unspecified atom stereocenters. The Bertz CT molecular complexity index is 823. The van der Waals surface area contributed by atoms with Gasteiger partial charge in [-0.05, 0) is 30.5 Å². The van der Waals surface area contributed by atoms with Crippen molar-refractivity contribution in [2.75, 3.05) is 11.1 Å². The first kappa shape index (κ1) is 16.3. The zero-order valence-electron chi connectivity index (χ0n) is 13.7. The van der Waals surface area contributed by atoms with Crippen LogP contribution in [0.4, 0.5) is 5.69 Å². The van der Waals surface area contributed by atoms with Crippen molar-refractivity contribution < 1.29 is 4.79 Å². The minimum atomic E-state index is -0.0324. The quantitative estimate of drug-likeness (QED) is 0.677. The van der Waals surface area contributed by atoms with E-state index < -0.39 is 0 Å². The highest BCUT2D eigenvalue weighted by molar-refractivity contribution is 7.99. The van der Waals surface area contributed by atoms with Gasteiger partial charge in [-0.15, -0.1) is 0 Å². The van der Waals surface area contributed by atoms with Gasteiger partial charge in [-0.3, -0.25) is 4.79 Å². The third-order valence-corrected chi connectivity index (χ3v) is 4.61. The molecule has 0 aliphatic heterocycles. The molecule has 5 heteroatoms. The monoisotopic (exact) mass is 337 g/mol. The Balaban J connectivity index is 1.60. The number of imidazole rings is 1. The molecule has 24 heavy (non-hydrogen) atoms. The maximum Gasteiger partial charge on any atom is 0.234 e. The van der Waals surface area contributed by atoms with Gasteiger partial charge in [-0.1, -0.05) is 60.3 Å². The summed E-state index contributed by atoms with van der Waals surface area (Å²) in [6.07, 6.45) is 1.79. The Morgan fingerprint density at radius 2 is 1.79 bits per heavy atom. The summed E-state index contributed by atoms with van der Waals surface area (Å²) in [5.41, 5.74) is 5.06. The molecule has 122 valence electrons. The number of nitrogens with zero attached hydrogens (tertiary/aromatic N) is 1. The van der Waals surface area contributed by atoms with Gasteiger partial charge in [-0.2, -0.15) is 0 Å². The molecule has 0 aliphatic carbocycles. The Labute approximate surface area is 145 Å². The number of benzene rings is 2. The predicted octanol–water partition coefficient (Wildman–Crippen LogP) is 4.42. The fourth-order valence-corrected chi connectivity index (χ4v) is 3.11. The molecule has 2 aromatic carbocycles. The molecule has 1 amide bonds. The van der Waals surface area contributed by atoms with E-state index in [1.807, 2.05) is 62.4 Å². The van der Waals surface area contributed by atoms with Crippen LogP contribution in [0, 0.1) is 13.8 Å². The second-order valence-corrected chi connectivity index (χ2v) is 6.54. The molecule has 0 saturated heterocycles. The van der Waals surface area contributed by atoms with Gasteiger partial charge in [0.1, 0.15) is 0 Å². The smallest absolute Gasteiger partial charge is 0.234 e. The minimum Gasteiger partial charge on any atom is -0.333 e. The molecule has 4 nitrogen and oxygen atoms in total. The summed E-state index contributed by atoms with van der Waals surface area (Å²) >= 11 is 1.40. The highest BCUT2D eigenvalue weighted by Crippen LogP contribution is 2.23. The number of rotatable bonds is 5. The average molecular weight is 337 g/mol. The van der Waals surface area contributed by atoms with Crippen molar-refractivity contribution in [2.45, 2.75) is 19.0 Å². The lowest BCUT2D eigenvalue weighted by Crippen LogP contribution is -2.15. The lowest BCUT2D eigenvalue weighted by molar-refractivity contribution is -0.113. The molecule has 0 spiro atoms. The number of nitrogens with one attached hydrogen (secondary N) is 2. The lowest BCUT2D eigenvalue weighted by atomic mass is 10.1. The summed E-state index contributed by atoms with van der Waals surface area (Å²) < 4.78 is 0. The summed E-state index contributed by atoms with van der Waals surface area (Å²) in [4.78, 5) is 19.8. The van der Waals surface area contributed by atoms with Crippen molar-refractivity contribution in [3.05, 3.63) is 65.9 Å². The van der Waals surface area contributed by atoms with Crippen LogP contribution >= 0.6 is 11.8 Å². The lowest BCUT2D eigenvalue weighted by Gasteiger charge is -2.10. The van der Waals surface area contributed by atoms with Crippen LogP contribution in [0.25, 0.3) is 11.3 Å². The van der Waals surface area contributed by atoms with Crippen LogP contribution in [-0.2, 0) is 4.79 Å². The van der Waals surface area contributed by atoms with E-state index in [1.165, 1.54) is 11.8 Å². The van der Waals surface area contributed by atoms with Crippen molar-refractivity contribution in [3.8, 4) is 11.3 Å². The van der Waals surface area contributed by atoms with Crippen molar-refractivity contribution in [3.63, 3.8) is 0 Å². The second-order valence-electron chi connectivity index (χ2n) is 5.57. The third kappa shape index (κ3) is 3.86. The van der Waals surface area contributed by atoms with E-state index in [0.29, 0.717) is 5.75 Å². The number of aromatic nitrogens is 2. The van der Waals surface area contributed by atoms with Crippen LogP contribution < -0.4 is 5.32 Å². The van der Waals surface area contributed by atoms with Crippen LogP contribution in [0.15, 0.2) is 59.9 Å². The SMILES string of the molecule is Cc1cccc(C)c1NC(=O)CSc1ncc(-c2ccccc2)[nH]1. The molecule has 3 aromatic rings. The van der Waals surface area contributed by atoms with E-state index in [9.17, 15) is 4.79 Å². The van der Waals surface area contributed by atoms with Crippen LogP contribution in [0.2, 0.25) is 0 Å². The van der Waals surface area contributed by atoms with Gasteiger partial charge in [0.25, 0.3) is 0 Å². The molecule has 1 aromatic heterocycles. The van der Waals surface area contributed by atoms with Crippen molar-refractivity contribution in [1.82, 2.24) is 9.97 Å². The number of H-pyrrole nitrogens is 1. The second kappa shape index (κ2) is 7.36. The number of carbonyl (C=O) groups excluding carboxylic acids is 1. The Morgan fingerprint density at radius 1 is 1.08 bits per heavy atom. The highest BCUT2D eigenvalue weighted by Gasteiger charge is 2.10. The zero-order valence-corrected chi connectivity index (χ0v) is 14.5. The first-order chi connectivity index (χ1) is 11.6. The van der Waals surface area contributed by atoms with Gasteiger partial charge >= 0.3 is 0 Å². The Kier molecular flexibility index (Phi) is 5.01. The molecule has 3 rings (SSSR count). The summed E-state index contributed by atoms with van der Waals surface area (Å²) in [6, 6.07) is 16.0. The summed E-state index contributed by atoms with van der Waals surface area (Å²) in [6.45, 7) is 3.99. The van der Waals surface area contributed by atoms with E-state index >= 15 is 0 Å². The maximum atomic E-state index is 12.2. The number of anilines is 1. The van der Waals surface area contributed by atoms with Crippen LogP contribution in [-0.4, -0.2) is 21.6 Å². The molecule has 0 aliphatic rings. The van der Waals surface area contributed by atoms with E-state index in [0.717, 1.165) is 33.2 Å². The molecule has 0 atom stereocenters. The molecular formula is C19H19N3OS. The Hall–Kier alpha value is -2.53. The van der Waals surface area contributed by atoms with Crippen molar-refractivity contribution >= 4 is 23.4 Å². The maximum absolute atomic E-state index is 12.2. The summed E-state index contributed by atoms with van der Waals surface area (Å²) in [5.74, 6) is 0.283. The number of amides is 1. The predicted molar refractivity (Wildman–Crippen MR) is 99.3 cm³/mol. The van der Waals surface area contributed by atoms with E-state index in [4.69, 9.17) is 0 Å². The van der Waals surface area contributed by atoms with Crippen LogP contribution in [0.5, 0.6) is 0 Å². The van der Waals surface area contributed by atoms with Crippen molar-refractivity contribution in [2.24, 2.45) is 0 Å². The average Bonchev–Trinajstić information content (AvgIpc) is 3.06. The molecule has 0 radical (unpaired) electrons. The number of aromatic amines is 1. The fraction of sp³-hybridized carbons (Fsp3) is 0.158. The van der Waals surface area contributed by atoms with Crippen LogP contribution in [0.1, 0.15) is 11.1 Å². The molecule has 2 N–H and O–H groups in total. The molecule has 1 heterocycles. The van der Waals surface area contributed by atoms with Gasteiger partial charge < -0.3 is 10.3 Å². The number of para-hydroxylation sites is 1. The van der Waals surface area contributed by atoms with Crippen molar-refractivity contribution in [1.29, 1.82) is 0 Å². The van der Waals surface area contributed by atoms with Gasteiger partial charge in [0.05, 0.1) is 17.6 Å². The zero-order chi connectivity index (χ0) is 16.9. The number of aryl methyl sites for hydroxylation is 2. The topological polar surface area (TPSA) is 57.8 Å². The first-order valence-corrected chi connectivity index (χ1v) is 8.71. The number of thioether (sulfide) groups is 1. The fourth-order valence-electron chi connectivity index (χ4n) is 2.46. The third-order valence-electron chi connectivity index (χ3n) is 3.72. The van der Waals surface area contributed by atoms with E-state index in [-0.39, 0.29) is 5.91 Å². The molecular weight excluding hydrogens is 318 g/mol. The molecule has 0 fully saturated rings. The minimum absolute atomic E-state index is 0.0324. The normalized spacial score (nSPS) is 10.6. The van der Waals surface area contributed by atoms with E-state index in [2.05, 4.69) is 15.3 Å². The number of hydrogen-bond acceptors (Lipinski definition) is 3. The standard InChI is InChI=1S/C19H19N3OS/c1-13-7-6-8-14(2)18(13)22-17(23)12-24-19-20-11-16(21-19)15-9-4-3-5-10-15/h3-11H,12H2,1-2H3,(H,20,21)(H,22,23). The van der Waals surface area contributed by atoms with Gasteiger partial charge in [0, 0.05) is 5.69 Å². The Morgan fingerprint density at radius 3 is 2.50 bits per heavy atom. The first-order valence-electron chi connectivity index (χ1n) is 7.73. The van der Waals surface area contributed by atoms with E-state index in [1.54, 1.807) is 6.20 Å². The van der Waals surface area contributed by atoms with Gasteiger partial charge in [0.15, 0.2) is 5.16 Å². The number of carbonyl (C=O) groups is 1. The molecule has 0 bridgehead atoms. The summed E-state index contributed by atoms with van der Waals surface area (Å²) in [5, 5.41) is 3.73. The van der Waals surface area contributed by atoms with Crippen LogP contribution in [0.3, 0.4) is 0 Å². The van der Waals surface area contributed by atoms with Gasteiger partial charge in [-0.25, -0.2) is 4.98 Å². The number of hydrogen-bond donors (Lipinski definition) is 2. The largest absolute Gasteiger partial charge is 0.333 e. The summed E-state index contributed by atoms with van der Waals surface area (Å²) in [7, 11) is 0. The molecule has 0 saturated carbocycles. The highest BCUT2D eigenvalue weighted by atomic mass is 32.2.